The Hall–Kier alpha value is -2.18. The number of aliphatic hydroxyl groups excluding tert-OH is 2. The van der Waals surface area contributed by atoms with E-state index in [0.29, 0.717) is 25.7 Å². The van der Waals surface area contributed by atoms with Gasteiger partial charge in [-0.05, 0) is 64.2 Å². The quantitative estimate of drug-likeness (QED) is 0.0323. The van der Waals surface area contributed by atoms with Crippen LogP contribution in [0.25, 0.3) is 0 Å². The Bertz CT molecular complexity index is 1020. The fourth-order valence-electron chi connectivity index (χ4n) is 7.54. The Kier molecular flexibility index (Phi) is 45.1. The second kappa shape index (κ2) is 46.9. The fraction of sp³-hybridized carbons (Fsp3) is 0.811. The first-order chi connectivity index (χ1) is 29.0. The number of nitrogens with one attached hydrogen (secondary N) is 1. The van der Waals surface area contributed by atoms with E-state index >= 15 is 0 Å². The monoisotopic (exact) mass is 828 g/mol. The summed E-state index contributed by atoms with van der Waals surface area (Å²) in [4.78, 5) is 26.0. The van der Waals surface area contributed by atoms with E-state index in [1.165, 1.54) is 135 Å². The molecule has 0 spiro atoms. The Balaban J connectivity index is 4.50. The standard InChI is InChI=1S/C53H97NO5/c1-4-7-10-13-16-19-21-23-25-26-28-30-32-34-37-40-43-46-53(58)59-49(44-41-38-35-18-15-12-9-6-3)47-52(57)54-50(48-55)51(56)45-42-39-36-33-31-29-27-24-22-20-17-14-11-8-5-2/h16,19,23,25,28,30,34,37,49-51,55-56H,4-15,17-18,20-22,24,26-27,29,31-33,35-36,38-48H2,1-3H3,(H,54,57)/b19-16-,25-23-,30-28-,37-34-. The highest BCUT2D eigenvalue weighted by molar-refractivity contribution is 5.77. The van der Waals surface area contributed by atoms with Crippen molar-refractivity contribution in [3.8, 4) is 0 Å². The molecule has 3 atom stereocenters. The number of ether oxygens (including phenoxy) is 1. The lowest BCUT2D eigenvalue weighted by atomic mass is 10.0. The van der Waals surface area contributed by atoms with Crippen molar-refractivity contribution in [2.75, 3.05) is 6.61 Å². The van der Waals surface area contributed by atoms with E-state index in [-0.39, 0.29) is 24.9 Å². The Morgan fingerprint density at radius 1 is 0.492 bits per heavy atom. The molecule has 0 saturated carbocycles. The van der Waals surface area contributed by atoms with Crippen molar-refractivity contribution in [3.05, 3.63) is 48.6 Å². The first-order valence-corrected chi connectivity index (χ1v) is 25.4. The van der Waals surface area contributed by atoms with Crippen LogP contribution in [0.3, 0.4) is 0 Å². The van der Waals surface area contributed by atoms with Crippen molar-refractivity contribution in [1.29, 1.82) is 0 Å². The molecule has 3 unspecified atom stereocenters. The molecule has 0 aliphatic carbocycles. The van der Waals surface area contributed by atoms with Crippen molar-refractivity contribution < 1.29 is 24.5 Å². The summed E-state index contributed by atoms with van der Waals surface area (Å²) in [5, 5.41) is 23.7. The average molecular weight is 828 g/mol. The zero-order valence-corrected chi connectivity index (χ0v) is 39.1. The number of allylic oxidation sites excluding steroid dienone is 8. The van der Waals surface area contributed by atoms with Gasteiger partial charge in [0.1, 0.15) is 6.10 Å². The van der Waals surface area contributed by atoms with Crippen LogP contribution in [0.15, 0.2) is 48.6 Å². The van der Waals surface area contributed by atoms with Crippen LogP contribution in [0.4, 0.5) is 0 Å². The topological polar surface area (TPSA) is 95.9 Å². The number of aliphatic hydroxyl groups is 2. The molecule has 0 aliphatic heterocycles. The van der Waals surface area contributed by atoms with Gasteiger partial charge in [-0.3, -0.25) is 9.59 Å². The maximum Gasteiger partial charge on any atom is 0.306 e. The van der Waals surface area contributed by atoms with Crippen LogP contribution in [-0.4, -0.2) is 46.9 Å². The van der Waals surface area contributed by atoms with Gasteiger partial charge in [0.05, 0.1) is 25.2 Å². The molecule has 0 heterocycles. The largest absolute Gasteiger partial charge is 0.462 e. The third-order valence-corrected chi connectivity index (χ3v) is 11.4. The molecular formula is C53H97NO5. The molecule has 0 rings (SSSR count). The molecule has 0 aliphatic rings. The van der Waals surface area contributed by atoms with Gasteiger partial charge in [0.2, 0.25) is 5.91 Å². The number of rotatable bonds is 45. The van der Waals surface area contributed by atoms with Gasteiger partial charge in [0, 0.05) is 6.42 Å². The Morgan fingerprint density at radius 2 is 0.864 bits per heavy atom. The van der Waals surface area contributed by atoms with Gasteiger partial charge in [0.25, 0.3) is 0 Å². The minimum Gasteiger partial charge on any atom is -0.462 e. The van der Waals surface area contributed by atoms with Gasteiger partial charge in [-0.1, -0.05) is 223 Å². The first-order valence-electron chi connectivity index (χ1n) is 25.4. The van der Waals surface area contributed by atoms with Crippen LogP contribution in [-0.2, 0) is 14.3 Å². The molecule has 344 valence electrons. The van der Waals surface area contributed by atoms with Crippen LogP contribution in [0, 0.1) is 0 Å². The normalized spacial score (nSPS) is 13.6. The molecule has 6 heteroatoms. The van der Waals surface area contributed by atoms with Crippen molar-refractivity contribution in [2.24, 2.45) is 0 Å². The van der Waals surface area contributed by atoms with Crippen molar-refractivity contribution >= 4 is 11.9 Å². The number of esters is 1. The highest BCUT2D eigenvalue weighted by atomic mass is 16.5. The zero-order chi connectivity index (χ0) is 43.1. The van der Waals surface area contributed by atoms with E-state index in [1.54, 1.807) is 0 Å². The number of carbonyl (C=O) groups is 2. The molecule has 0 bridgehead atoms. The minimum atomic E-state index is -0.794. The zero-order valence-electron chi connectivity index (χ0n) is 39.1. The van der Waals surface area contributed by atoms with E-state index < -0.39 is 18.2 Å². The van der Waals surface area contributed by atoms with Gasteiger partial charge in [-0.25, -0.2) is 0 Å². The summed E-state index contributed by atoms with van der Waals surface area (Å²) in [6.07, 6.45) is 56.1. The molecule has 1 amide bonds. The van der Waals surface area contributed by atoms with Crippen molar-refractivity contribution in [1.82, 2.24) is 5.32 Å². The van der Waals surface area contributed by atoms with E-state index in [2.05, 4.69) is 74.7 Å². The van der Waals surface area contributed by atoms with Gasteiger partial charge >= 0.3 is 5.97 Å². The SMILES string of the molecule is CCCCC/C=C\C/C=C\C/C=C\C/C=C\CCCC(=O)OC(CCCCCCCCCC)CC(=O)NC(CO)C(O)CCCCCCCCCCCCCCCCC. The van der Waals surface area contributed by atoms with Gasteiger partial charge in [0.15, 0.2) is 0 Å². The van der Waals surface area contributed by atoms with Gasteiger partial charge in [-0.15, -0.1) is 0 Å². The van der Waals surface area contributed by atoms with E-state index in [1.807, 2.05) is 0 Å². The third kappa shape index (κ3) is 42.3. The van der Waals surface area contributed by atoms with Crippen LogP contribution < -0.4 is 5.32 Å². The maximum absolute atomic E-state index is 13.1. The van der Waals surface area contributed by atoms with Gasteiger partial charge < -0.3 is 20.3 Å². The van der Waals surface area contributed by atoms with E-state index in [4.69, 9.17) is 4.74 Å². The van der Waals surface area contributed by atoms with Crippen LogP contribution in [0.1, 0.15) is 252 Å². The summed E-state index contributed by atoms with van der Waals surface area (Å²) in [6, 6.07) is -0.709. The Morgan fingerprint density at radius 3 is 1.31 bits per heavy atom. The van der Waals surface area contributed by atoms with Crippen LogP contribution >= 0.6 is 0 Å². The minimum absolute atomic E-state index is 0.0571. The lowest BCUT2D eigenvalue weighted by molar-refractivity contribution is -0.151. The number of amides is 1. The van der Waals surface area contributed by atoms with Gasteiger partial charge in [-0.2, -0.15) is 0 Å². The lowest BCUT2D eigenvalue weighted by Crippen LogP contribution is -2.46. The summed E-state index contributed by atoms with van der Waals surface area (Å²) in [5.74, 6) is -0.539. The summed E-state index contributed by atoms with van der Waals surface area (Å²) in [6.45, 7) is 6.42. The molecule has 0 fully saturated rings. The number of unbranched alkanes of at least 4 members (excludes halogenated alkanes) is 25. The molecule has 0 aromatic carbocycles. The molecular weight excluding hydrogens is 731 g/mol. The Labute approximate surface area is 366 Å². The average Bonchev–Trinajstić information content (AvgIpc) is 3.23. The van der Waals surface area contributed by atoms with E-state index in [9.17, 15) is 19.8 Å². The first kappa shape index (κ1) is 56.8. The number of carbonyl (C=O) groups excluding carboxylic acids is 2. The number of hydrogen-bond donors (Lipinski definition) is 3. The summed E-state index contributed by atoms with van der Waals surface area (Å²) < 4.78 is 5.88. The molecule has 59 heavy (non-hydrogen) atoms. The lowest BCUT2D eigenvalue weighted by Gasteiger charge is -2.24. The van der Waals surface area contributed by atoms with Crippen LogP contribution in [0.2, 0.25) is 0 Å². The summed E-state index contributed by atoms with van der Waals surface area (Å²) >= 11 is 0. The predicted molar refractivity (Wildman–Crippen MR) is 255 cm³/mol. The molecule has 0 radical (unpaired) electrons. The molecule has 0 aromatic rings. The van der Waals surface area contributed by atoms with E-state index in [0.717, 1.165) is 64.2 Å². The maximum atomic E-state index is 13.1. The van der Waals surface area contributed by atoms with Crippen molar-refractivity contribution in [3.63, 3.8) is 0 Å². The number of hydrogen-bond acceptors (Lipinski definition) is 5. The highest BCUT2D eigenvalue weighted by Gasteiger charge is 2.24. The highest BCUT2D eigenvalue weighted by Crippen LogP contribution is 2.17. The summed E-state index contributed by atoms with van der Waals surface area (Å²) in [7, 11) is 0. The molecule has 0 aromatic heterocycles. The smallest absolute Gasteiger partial charge is 0.306 e. The summed E-state index contributed by atoms with van der Waals surface area (Å²) in [5.41, 5.74) is 0. The second-order valence-corrected chi connectivity index (χ2v) is 17.2. The van der Waals surface area contributed by atoms with Crippen molar-refractivity contribution in [2.45, 2.75) is 270 Å². The second-order valence-electron chi connectivity index (χ2n) is 17.2. The fourth-order valence-corrected chi connectivity index (χ4v) is 7.54. The third-order valence-electron chi connectivity index (χ3n) is 11.4. The predicted octanol–water partition coefficient (Wildman–Crippen LogP) is 15.1. The van der Waals surface area contributed by atoms with Crippen LogP contribution in [0.5, 0.6) is 0 Å². The molecule has 3 N–H and O–H groups in total. The molecule has 6 nitrogen and oxygen atoms in total. The molecule has 0 saturated heterocycles.